The highest BCUT2D eigenvalue weighted by atomic mass is 19.1. The van der Waals surface area contributed by atoms with E-state index in [1.165, 1.54) is 42.5 Å². The van der Waals surface area contributed by atoms with Crippen LogP contribution in [0.15, 0.2) is 48.5 Å². The van der Waals surface area contributed by atoms with Crippen LogP contribution in [0.4, 0.5) is 13.6 Å². The van der Waals surface area contributed by atoms with Crippen molar-refractivity contribution < 1.29 is 28.0 Å². The van der Waals surface area contributed by atoms with Gasteiger partial charge in [-0.1, -0.05) is 30.3 Å². The molecule has 0 radical (unpaired) electrons. The van der Waals surface area contributed by atoms with Crippen LogP contribution in [0.1, 0.15) is 11.1 Å². The Balaban J connectivity index is 1.71. The predicted molar refractivity (Wildman–Crippen MR) is 80.4 cm³/mol. The molecule has 1 heterocycles. The molecule has 0 saturated carbocycles. The Labute approximate surface area is 141 Å². The Morgan fingerprint density at radius 1 is 0.880 bits per heavy atom. The Morgan fingerprint density at radius 2 is 1.56 bits per heavy atom. The zero-order valence-corrected chi connectivity index (χ0v) is 12.8. The molecule has 2 aromatic rings. The van der Waals surface area contributed by atoms with Crippen molar-refractivity contribution in [3.63, 3.8) is 0 Å². The van der Waals surface area contributed by atoms with Gasteiger partial charge in [0.2, 0.25) is 0 Å². The van der Waals surface area contributed by atoms with Crippen molar-refractivity contribution in [1.29, 1.82) is 0 Å². The second-order valence-electron chi connectivity index (χ2n) is 5.26. The second-order valence-corrected chi connectivity index (χ2v) is 5.26. The maximum Gasteiger partial charge on any atom is 0.359 e. The van der Waals surface area contributed by atoms with Gasteiger partial charge in [-0.25, -0.2) is 18.5 Å². The summed E-state index contributed by atoms with van der Waals surface area (Å²) >= 11 is 0. The molecule has 1 saturated heterocycles. The lowest BCUT2D eigenvalue weighted by atomic mass is 10.2. The third-order valence-electron chi connectivity index (χ3n) is 3.58. The van der Waals surface area contributed by atoms with Gasteiger partial charge in [0.05, 0.1) is 6.54 Å². The van der Waals surface area contributed by atoms with Crippen LogP contribution in [0.25, 0.3) is 0 Å². The number of imide groups is 2. The molecule has 0 atom stereocenters. The molecule has 0 unspecified atom stereocenters. The predicted octanol–water partition coefficient (Wildman–Crippen LogP) is 2.39. The maximum absolute atomic E-state index is 13.6. The zero-order chi connectivity index (χ0) is 18.0. The summed E-state index contributed by atoms with van der Waals surface area (Å²) in [5, 5.41) is 0.304. The molecule has 25 heavy (non-hydrogen) atoms. The van der Waals surface area contributed by atoms with Crippen molar-refractivity contribution in [2.24, 2.45) is 0 Å². The Bertz CT molecular complexity index is 839. The van der Waals surface area contributed by atoms with Crippen LogP contribution in [0, 0.1) is 11.6 Å². The number of rotatable bonds is 5. The minimum Gasteiger partial charge on any atom is -0.263 e. The Kier molecular flexibility index (Phi) is 4.53. The van der Waals surface area contributed by atoms with Crippen LogP contribution in [0.5, 0.6) is 0 Å². The molecule has 3 rings (SSSR count). The average molecular weight is 346 g/mol. The van der Waals surface area contributed by atoms with Gasteiger partial charge in [0.1, 0.15) is 18.2 Å². The number of hydrogen-bond acceptors (Lipinski definition) is 4. The molecule has 0 aliphatic carbocycles. The average Bonchev–Trinajstić information content (AvgIpc) is 2.80. The lowest BCUT2D eigenvalue weighted by Gasteiger charge is -2.15. The van der Waals surface area contributed by atoms with Crippen LogP contribution in [-0.2, 0) is 27.6 Å². The van der Waals surface area contributed by atoms with E-state index in [-0.39, 0.29) is 18.7 Å². The van der Waals surface area contributed by atoms with Gasteiger partial charge >= 0.3 is 17.8 Å². The molecular weight excluding hydrogens is 334 g/mol. The molecular formula is C17H12F2N2O4. The molecule has 8 heteroatoms. The number of urea groups is 1. The maximum atomic E-state index is 13.6. The molecule has 0 bridgehead atoms. The molecule has 4 amide bonds. The van der Waals surface area contributed by atoms with Crippen LogP contribution in [-0.4, -0.2) is 27.8 Å². The summed E-state index contributed by atoms with van der Waals surface area (Å²) < 4.78 is 26.5. The second kappa shape index (κ2) is 6.78. The van der Waals surface area contributed by atoms with E-state index in [4.69, 9.17) is 4.84 Å². The summed E-state index contributed by atoms with van der Waals surface area (Å²) in [6.07, 6.45) is 0. The summed E-state index contributed by atoms with van der Waals surface area (Å²) in [5.74, 6) is -3.25. The van der Waals surface area contributed by atoms with E-state index in [2.05, 4.69) is 0 Å². The number of hydrogen-bond donors (Lipinski definition) is 0. The Hall–Kier alpha value is -3.13. The molecule has 1 aliphatic heterocycles. The first kappa shape index (κ1) is 16.7. The highest BCUT2D eigenvalue weighted by Crippen LogP contribution is 2.18. The van der Waals surface area contributed by atoms with Gasteiger partial charge in [0.15, 0.2) is 0 Å². The standard InChI is InChI=1S/C17H12F2N2O4/c18-13-7-5-11(6-8-13)9-20-15(22)16(23)21(17(20)24)25-10-12-3-1-2-4-14(12)19/h1-8H,9-10H2. The zero-order valence-electron chi connectivity index (χ0n) is 12.8. The third kappa shape index (κ3) is 3.38. The van der Waals surface area contributed by atoms with Crippen molar-refractivity contribution in [3.8, 4) is 0 Å². The van der Waals surface area contributed by atoms with E-state index in [1.807, 2.05) is 0 Å². The molecule has 1 fully saturated rings. The topological polar surface area (TPSA) is 66.9 Å². The quantitative estimate of drug-likeness (QED) is 0.616. The number of amides is 4. The number of hydroxylamine groups is 2. The highest BCUT2D eigenvalue weighted by molar-refractivity contribution is 6.44. The van der Waals surface area contributed by atoms with Crippen molar-refractivity contribution in [2.75, 3.05) is 0 Å². The molecule has 1 aliphatic rings. The first-order chi connectivity index (χ1) is 12.0. The number of halogens is 2. The van der Waals surface area contributed by atoms with Gasteiger partial charge in [-0.05, 0) is 23.8 Å². The lowest BCUT2D eigenvalue weighted by molar-refractivity contribution is -0.169. The first-order valence-corrected chi connectivity index (χ1v) is 7.28. The minimum atomic E-state index is -1.16. The van der Waals surface area contributed by atoms with Crippen LogP contribution in [0.3, 0.4) is 0 Å². The van der Waals surface area contributed by atoms with Crippen LogP contribution < -0.4 is 0 Å². The lowest BCUT2D eigenvalue weighted by Crippen LogP contribution is -2.33. The van der Waals surface area contributed by atoms with Crippen LogP contribution in [0.2, 0.25) is 0 Å². The van der Waals surface area contributed by atoms with Crippen molar-refractivity contribution in [2.45, 2.75) is 13.2 Å². The molecule has 2 aromatic carbocycles. The van der Waals surface area contributed by atoms with Crippen molar-refractivity contribution in [1.82, 2.24) is 9.96 Å². The summed E-state index contributed by atoms with van der Waals surface area (Å²) in [7, 11) is 0. The summed E-state index contributed by atoms with van der Waals surface area (Å²) in [4.78, 5) is 41.8. The van der Waals surface area contributed by atoms with Gasteiger partial charge in [-0.3, -0.25) is 14.4 Å². The van der Waals surface area contributed by atoms with E-state index in [0.29, 0.717) is 15.5 Å². The monoisotopic (exact) mass is 346 g/mol. The summed E-state index contributed by atoms with van der Waals surface area (Å²) in [6, 6.07) is 9.85. The molecule has 6 nitrogen and oxygen atoms in total. The van der Waals surface area contributed by atoms with E-state index in [0.717, 1.165) is 0 Å². The smallest absolute Gasteiger partial charge is 0.263 e. The largest absolute Gasteiger partial charge is 0.359 e. The van der Waals surface area contributed by atoms with E-state index >= 15 is 0 Å². The van der Waals surface area contributed by atoms with E-state index in [9.17, 15) is 23.2 Å². The number of nitrogens with zero attached hydrogens (tertiary/aromatic N) is 2. The van der Waals surface area contributed by atoms with Gasteiger partial charge in [-0.15, -0.1) is 5.06 Å². The molecule has 0 spiro atoms. The van der Waals surface area contributed by atoms with Gasteiger partial charge in [-0.2, -0.15) is 0 Å². The Morgan fingerprint density at radius 3 is 2.24 bits per heavy atom. The number of benzene rings is 2. The normalized spacial score (nSPS) is 14.6. The third-order valence-corrected chi connectivity index (χ3v) is 3.58. The van der Waals surface area contributed by atoms with Gasteiger partial charge in [0.25, 0.3) is 0 Å². The molecule has 128 valence electrons. The fourth-order valence-corrected chi connectivity index (χ4v) is 2.26. The van der Waals surface area contributed by atoms with E-state index in [1.54, 1.807) is 6.07 Å². The van der Waals surface area contributed by atoms with Crippen molar-refractivity contribution in [3.05, 3.63) is 71.3 Å². The van der Waals surface area contributed by atoms with Crippen molar-refractivity contribution >= 4 is 17.8 Å². The first-order valence-electron chi connectivity index (χ1n) is 7.28. The fourth-order valence-electron chi connectivity index (χ4n) is 2.26. The van der Waals surface area contributed by atoms with E-state index < -0.39 is 29.5 Å². The van der Waals surface area contributed by atoms with Crippen LogP contribution >= 0.6 is 0 Å². The van der Waals surface area contributed by atoms with Gasteiger partial charge in [0, 0.05) is 5.56 Å². The minimum absolute atomic E-state index is 0.132. The molecule has 0 N–H and O–H groups in total. The summed E-state index contributed by atoms with van der Waals surface area (Å²) in [5.41, 5.74) is 0.597. The SMILES string of the molecule is O=C1C(=O)N(OCc2ccccc2F)C(=O)N1Cc1ccc(F)cc1. The number of carbonyl (C=O) groups is 3. The van der Waals surface area contributed by atoms with Gasteiger partial charge < -0.3 is 0 Å². The fraction of sp³-hybridized carbons (Fsp3) is 0.118. The molecule has 0 aromatic heterocycles. The summed E-state index contributed by atoms with van der Waals surface area (Å²) in [6.45, 7) is -0.592. The highest BCUT2D eigenvalue weighted by Gasteiger charge is 2.45. The number of carbonyl (C=O) groups excluding carboxylic acids is 3.